The van der Waals surface area contributed by atoms with E-state index in [9.17, 15) is 9.18 Å². The van der Waals surface area contributed by atoms with Crippen molar-refractivity contribution in [3.8, 4) is 11.5 Å². The summed E-state index contributed by atoms with van der Waals surface area (Å²) < 4.78 is 24.7. The molecule has 2 aliphatic heterocycles. The van der Waals surface area contributed by atoms with E-state index in [2.05, 4.69) is 21.2 Å². The number of amides is 1. The molecule has 148 valence electrons. The van der Waals surface area contributed by atoms with Gasteiger partial charge in [0.25, 0.3) is 0 Å². The summed E-state index contributed by atoms with van der Waals surface area (Å²) in [5.74, 6) is 1.01. The minimum absolute atomic E-state index is 0.188. The van der Waals surface area contributed by atoms with Crippen LogP contribution < -0.4 is 14.8 Å². The number of fused-ring (bicyclic) bond motifs is 1. The van der Waals surface area contributed by atoms with Gasteiger partial charge in [0, 0.05) is 32.7 Å². The maximum absolute atomic E-state index is 13.9. The van der Waals surface area contributed by atoms with Gasteiger partial charge in [0.15, 0.2) is 11.5 Å². The molecule has 2 heterocycles. The van der Waals surface area contributed by atoms with Gasteiger partial charge in [-0.3, -0.25) is 14.6 Å². The van der Waals surface area contributed by atoms with Gasteiger partial charge in [-0.05, 0) is 42.3 Å². The summed E-state index contributed by atoms with van der Waals surface area (Å²) in [6, 6.07) is 10.8. The Bertz CT molecular complexity index is 866. The number of nitrogens with one attached hydrogen (secondary N) is 1. The summed E-state index contributed by atoms with van der Waals surface area (Å²) in [4.78, 5) is 16.7. The molecule has 0 aromatic heterocycles. The second-order valence-corrected chi connectivity index (χ2v) is 7.27. The van der Waals surface area contributed by atoms with Gasteiger partial charge in [-0.15, -0.1) is 0 Å². The van der Waals surface area contributed by atoms with E-state index in [4.69, 9.17) is 9.47 Å². The number of piperazine rings is 1. The van der Waals surface area contributed by atoms with Crippen LogP contribution in [0.2, 0.25) is 0 Å². The minimum atomic E-state index is -0.401. The van der Waals surface area contributed by atoms with Crippen molar-refractivity contribution in [3.05, 3.63) is 53.3 Å². The summed E-state index contributed by atoms with van der Waals surface area (Å²) in [7, 11) is 0. The highest BCUT2D eigenvalue weighted by atomic mass is 19.1. The van der Waals surface area contributed by atoms with E-state index in [1.54, 1.807) is 12.1 Å². The molecule has 2 aromatic rings. The van der Waals surface area contributed by atoms with Crippen LogP contribution >= 0.6 is 0 Å². The van der Waals surface area contributed by atoms with Crippen molar-refractivity contribution in [2.75, 3.05) is 44.8 Å². The Morgan fingerprint density at radius 2 is 1.79 bits per heavy atom. The number of aryl methyl sites for hydroxylation is 1. The van der Waals surface area contributed by atoms with Crippen molar-refractivity contribution in [3.63, 3.8) is 0 Å². The number of halogens is 1. The minimum Gasteiger partial charge on any atom is -0.454 e. The predicted octanol–water partition coefficient (Wildman–Crippen LogP) is 2.62. The van der Waals surface area contributed by atoms with E-state index < -0.39 is 5.82 Å². The zero-order valence-electron chi connectivity index (χ0n) is 15.9. The molecule has 0 atom stereocenters. The van der Waals surface area contributed by atoms with Crippen LogP contribution in [0.25, 0.3) is 0 Å². The quantitative estimate of drug-likeness (QED) is 0.858. The lowest BCUT2D eigenvalue weighted by Crippen LogP contribution is -2.48. The number of anilines is 1. The van der Waals surface area contributed by atoms with Gasteiger partial charge in [-0.25, -0.2) is 4.39 Å². The third-order valence-corrected chi connectivity index (χ3v) is 5.07. The predicted molar refractivity (Wildman–Crippen MR) is 104 cm³/mol. The smallest absolute Gasteiger partial charge is 0.238 e. The topological polar surface area (TPSA) is 54.0 Å². The molecule has 28 heavy (non-hydrogen) atoms. The molecule has 7 heteroatoms. The molecule has 4 rings (SSSR count). The van der Waals surface area contributed by atoms with Crippen molar-refractivity contribution >= 4 is 11.6 Å². The average Bonchev–Trinajstić information content (AvgIpc) is 3.13. The molecule has 0 spiro atoms. The van der Waals surface area contributed by atoms with Crippen LogP contribution in [-0.2, 0) is 11.3 Å². The average molecular weight is 385 g/mol. The Morgan fingerprint density at radius 3 is 2.57 bits per heavy atom. The highest BCUT2D eigenvalue weighted by Crippen LogP contribution is 2.32. The van der Waals surface area contributed by atoms with Crippen molar-refractivity contribution < 1.29 is 18.7 Å². The van der Waals surface area contributed by atoms with Gasteiger partial charge in [0.2, 0.25) is 12.7 Å². The zero-order chi connectivity index (χ0) is 19.5. The fraction of sp³-hybridized carbons (Fsp3) is 0.381. The monoisotopic (exact) mass is 385 g/mol. The molecule has 0 aliphatic carbocycles. The van der Waals surface area contributed by atoms with Gasteiger partial charge in [0.1, 0.15) is 5.82 Å². The van der Waals surface area contributed by atoms with E-state index in [0.29, 0.717) is 0 Å². The van der Waals surface area contributed by atoms with E-state index >= 15 is 0 Å². The summed E-state index contributed by atoms with van der Waals surface area (Å²) in [6.45, 7) is 6.56. The maximum Gasteiger partial charge on any atom is 0.238 e. The fourth-order valence-corrected chi connectivity index (χ4v) is 3.52. The second-order valence-electron chi connectivity index (χ2n) is 7.27. The molecule has 6 nitrogen and oxygen atoms in total. The van der Waals surface area contributed by atoms with Gasteiger partial charge in [-0.2, -0.15) is 0 Å². The normalized spacial score (nSPS) is 16.9. The van der Waals surface area contributed by atoms with Crippen molar-refractivity contribution in [2.24, 2.45) is 0 Å². The number of benzene rings is 2. The summed E-state index contributed by atoms with van der Waals surface area (Å²) in [6.07, 6.45) is 0. The number of carbonyl (C=O) groups excluding carboxylic acids is 1. The first-order valence-electron chi connectivity index (χ1n) is 9.46. The first-order valence-corrected chi connectivity index (χ1v) is 9.46. The lowest BCUT2D eigenvalue weighted by Gasteiger charge is -2.34. The molecular formula is C21H24FN3O3. The fourth-order valence-electron chi connectivity index (χ4n) is 3.52. The number of nitrogens with zero attached hydrogens (tertiary/aromatic N) is 2. The van der Waals surface area contributed by atoms with Gasteiger partial charge >= 0.3 is 0 Å². The van der Waals surface area contributed by atoms with Crippen molar-refractivity contribution in [1.82, 2.24) is 9.80 Å². The molecule has 1 fully saturated rings. The number of rotatable bonds is 5. The van der Waals surface area contributed by atoms with Crippen LogP contribution in [0.3, 0.4) is 0 Å². The van der Waals surface area contributed by atoms with Crippen LogP contribution in [0.1, 0.15) is 11.1 Å². The Balaban J connectivity index is 1.24. The van der Waals surface area contributed by atoms with Crippen LogP contribution in [0.5, 0.6) is 11.5 Å². The second kappa shape index (κ2) is 8.16. The molecule has 1 amide bonds. The first-order chi connectivity index (χ1) is 13.6. The standard InChI is InChI=1S/C21H24FN3O3/c1-15-2-4-18(17(22)10-15)23-21(26)13-25-8-6-24(7-9-25)12-16-3-5-19-20(11-16)28-14-27-19/h2-5,10-11H,6-9,12-14H2,1H3,(H,23,26). The molecule has 0 bridgehead atoms. The Morgan fingerprint density at radius 1 is 1.04 bits per heavy atom. The lowest BCUT2D eigenvalue weighted by molar-refractivity contribution is -0.117. The molecule has 1 saturated heterocycles. The number of hydrogen-bond acceptors (Lipinski definition) is 5. The summed E-state index contributed by atoms with van der Waals surface area (Å²) >= 11 is 0. The SMILES string of the molecule is Cc1ccc(NC(=O)CN2CCN(Cc3ccc4c(c3)OCO4)CC2)c(F)c1. The van der Waals surface area contributed by atoms with Crippen LogP contribution in [0.4, 0.5) is 10.1 Å². The van der Waals surface area contributed by atoms with Crippen LogP contribution in [0.15, 0.2) is 36.4 Å². The highest BCUT2D eigenvalue weighted by molar-refractivity contribution is 5.92. The highest BCUT2D eigenvalue weighted by Gasteiger charge is 2.20. The number of ether oxygens (including phenoxy) is 2. The Hall–Kier alpha value is -2.64. The van der Waals surface area contributed by atoms with E-state index in [1.165, 1.54) is 11.6 Å². The van der Waals surface area contributed by atoms with Crippen LogP contribution in [0, 0.1) is 12.7 Å². The Kier molecular flexibility index (Phi) is 5.45. The lowest BCUT2D eigenvalue weighted by atomic mass is 10.1. The van der Waals surface area contributed by atoms with Gasteiger partial charge < -0.3 is 14.8 Å². The first kappa shape index (κ1) is 18.7. The number of carbonyl (C=O) groups is 1. The van der Waals surface area contributed by atoms with Gasteiger partial charge in [0.05, 0.1) is 12.2 Å². The summed E-state index contributed by atoms with van der Waals surface area (Å²) in [5, 5.41) is 2.66. The maximum atomic E-state index is 13.9. The third-order valence-electron chi connectivity index (χ3n) is 5.07. The van der Waals surface area contributed by atoms with Crippen LogP contribution in [-0.4, -0.2) is 55.2 Å². The van der Waals surface area contributed by atoms with Crippen molar-refractivity contribution in [1.29, 1.82) is 0 Å². The molecule has 0 radical (unpaired) electrons. The van der Waals surface area contributed by atoms with E-state index in [1.807, 2.05) is 19.1 Å². The third kappa shape index (κ3) is 4.43. The number of hydrogen-bond donors (Lipinski definition) is 1. The summed E-state index contributed by atoms with van der Waals surface area (Å²) in [5.41, 5.74) is 2.25. The molecule has 1 N–H and O–H groups in total. The Labute approximate surface area is 163 Å². The largest absolute Gasteiger partial charge is 0.454 e. The zero-order valence-corrected chi connectivity index (χ0v) is 15.9. The van der Waals surface area contributed by atoms with E-state index in [0.717, 1.165) is 49.8 Å². The molecular weight excluding hydrogens is 361 g/mol. The molecule has 0 saturated carbocycles. The van der Waals surface area contributed by atoms with Crippen molar-refractivity contribution in [2.45, 2.75) is 13.5 Å². The molecule has 2 aliphatic rings. The molecule has 2 aromatic carbocycles. The molecule has 0 unspecified atom stereocenters. The van der Waals surface area contributed by atoms with E-state index in [-0.39, 0.29) is 24.9 Å². The van der Waals surface area contributed by atoms with Gasteiger partial charge in [-0.1, -0.05) is 12.1 Å².